The molecule has 7 heteroatoms. The fraction of sp³-hybridized carbons (Fsp3) is 0.222. The summed E-state index contributed by atoms with van der Waals surface area (Å²) >= 11 is 3.26. The maximum Gasteiger partial charge on any atom is 0.338 e. The number of carbonyl (C=O) groups is 2. The quantitative estimate of drug-likeness (QED) is 0.234. The predicted molar refractivity (Wildman–Crippen MR) is 99.4 cm³/mol. The Balaban J connectivity index is 2.38. The van der Waals surface area contributed by atoms with Gasteiger partial charge in [0.15, 0.2) is 5.78 Å². The van der Waals surface area contributed by atoms with Crippen molar-refractivity contribution in [1.29, 1.82) is 0 Å². The Morgan fingerprint density at radius 2 is 1.88 bits per heavy atom. The van der Waals surface area contributed by atoms with Gasteiger partial charge in [0.2, 0.25) is 0 Å². The number of benzene rings is 2. The minimum absolute atomic E-state index is 0.218. The van der Waals surface area contributed by atoms with Crippen molar-refractivity contribution in [1.82, 2.24) is 0 Å². The summed E-state index contributed by atoms with van der Waals surface area (Å²) in [6.45, 7) is 2.51. The molecule has 2 rings (SSSR count). The van der Waals surface area contributed by atoms with Crippen molar-refractivity contribution in [2.75, 3.05) is 23.9 Å². The number of nitrogens with zero attached hydrogens (tertiary/aromatic N) is 2. The minimum Gasteiger partial charge on any atom is -0.462 e. The first kappa shape index (κ1) is 18.8. The fourth-order valence-corrected chi connectivity index (χ4v) is 2.25. The molecule has 0 aliphatic rings. The van der Waals surface area contributed by atoms with Gasteiger partial charge < -0.3 is 4.74 Å². The third kappa shape index (κ3) is 5.22. The number of rotatable bonds is 8. The van der Waals surface area contributed by atoms with Crippen molar-refractivity contribution in [3.63, 3.8) is 0 Å². The van der Waals surface area contributed by atoms with Gasteiger partial charge >= 0.3 is 5.97 Å². The molecular formula is C18H18BrN3O3. The van der Waals surface area contributed by atoms with E-state index in [1.165, 1.54) is 6.07 Å². The second-order valence-electron chi connectivity index (χ2n) is 4.94. The average Bonchev–Trinajstić information content (AvgIpc) is 2.65. The third-order valence-corrected chi connectivity index (χ3v) is 3.59. The van der Waals surface area contributed by atoms with E-state index in [-0.39, 0.29) is 12.4 Å². The van der Waals surface area contributed by atoms with Gasteiger partial charge in [0.25, 0.3) is 0 Å². The maximum atomic E-state index is 12.8. The Labute approximate surface area is 154 Å². The molecule has 0 saturated carbocycles. The number of ketones is 1. The fourth-order valence-electron chi connectivity index (χ4n) is 2.09. The highest BCUT2D eigenvalue weighted by Crippen LogP contribution is 2.22. The van der Waals surface area contributed by atoms with Crippen LogP contribution in [0.3, 0.4) is 0 Å². The Kier molecular flexibility index (Phi) is 7.28. The second-order valence-corrected chi connectivity index (χ2v) is 5.73. The topological polar surface area (TPSA) is 80.1 Å². The van der Waals surface area contributed by atoms with E-state index in [1.807, 2.05) is 6.07 Å². The summed E-state index contributed by atoms with van der Waals surface area (Å²) in [5.74, 6) is -0.693. The lowest BCUT2D eigenvalue weighted by atomic mass is 9.99. The number of halogens is 1. The number of alkyl halides is 1. The number of ether oxygens (including phenoxy) is 1. The molecule has 0 amide bonds. The lowest BCUT2D eigenvalue weighted by Gasteiger charge is -2.10. The number of esters is 1. The largest absolute Gasteiger partial charge is 0.462 e. The lowest BCUT2D eigenvalue weighted by Crippen LogP contribution is -2.10. The van der Waals surface area contributed by atoms with Crippen LogP contribution in [0.25, 0.3) is 0 Å². The van der Waals surface area contributed by atoms with E-state index in [9.17, 15) is 9.59 Å². The molecule has 2 aromatic rings. The highest BCUT2D eigenvalue weighted by Gasteiger charge is 2.17. The van der Waals surface area contributed by atoms with E-state index >= 15 is 0 Å². The Morgan fingerprint density at radius 3 is 2.56 bits per heavy atom. The summed E-state index contributed by atoms with van der Waals surface area (Å²) in [5.41, 5.74) is 4.39. The molecule has 0 saturated heterocycles. The molecule has 0 aliphatic carbocycles. The van der Waals surface area contributed by atoms with Crippen molar-refractivity contribution in [3.05, 3.63) is 65.2 Å². The smallest absolute Gasteiger partial charge is 0.338 e. The van der Waals surface area contributed by atoms with Gasteiger partial charge in [-0.05, 0) is 25.1 Å². The zero-order valence-corrected chi connectivity index (χ0v) is 15.3. The zero-order valence-electron chi connectivity index (χ0n) is 13.7. The molecule has 0 radical (unpaired) electrons. The summed E-state index contributed by atoms with van der Waals surface area (Å²) in [6, 6.07) is 13.5. The second kappa shape index (κ2) is 9.68. The van der Waals surface area contributed by atoms with Crippen molar-refractivity contribution in [3.8, 4) is 0 Å². The van der Waals surface area contributed by atoms with Gasteiger partial charge in [-0.2, -0.15) is 5.11 Å². The van der Waals surface area contributed by atoms with E-state index in [0.29, 0.717) is 34.3 Å². The number of nitrogens with one attached hydrogen (secondary N) is 1. The number of hydrogen-bond acceptors (Lipinski definition) is 5. The standard InChI is InChI=1S/C18H18BrN3O3/c1-2-25-18(24)14-8-9-16(21-22-20-11-10-19)15(12-14)17(23)13-6-4-3-5-7-13/h3-9,12H,2,10-11H2,1H3,(H,20,21). The predicted octanol–water partition coefficient (Wildman–Crippen LogP) is 4.27. The van der Waals surface area contributed by atoms with Gasteiger partial charge in [-0.3, -0.25) is 10.2 Å². The minimum atomic E-state index is -0.475. The van der Waals surface area contributed by atoms with Crippen molar-refractivity contribution in [2.24, 2.45) is 10.3 Å². The molecule has 0 unspecified atom stereocenters. The van der Waals surface area contributed by atoms with Gasteiger partial charge in [-0.15, -0.1) is 0 Å². The molecule has 1 N–H and O–H groups in total. The molecular weight excluding hydrogens is 386 g/mol. The SMILES string of the molecule is CCOC(=O)c1ccc(NN=NCCBr)c(C(=O)c2ccccc2)c1. The van der Waals surface area contributed by atoms with Gasteiger partial charge in [-0.25, -0.2) is 4.79 Å². The Hall–Kier alpha value is -2.54. The van der Waals surface area contributed by atoms with Gasteiger partial charge in [0.1, 0.15) is 0 Å². The van der Waals surface area contributed by atoms with Crippen LogP contribution in [0.1, 0.15) is 33.2 Å². The van der Waals surface area contributed by atoms with E-state index < -0.39 is 5.97 Å². The lowest BCUT2D eigenvalue weighted by molar-refractivity contribution is 0.0526. The highest BCUT2D eigenvalue weighted by molar-refractivity contribution is 9.09. The molecule has 0 atom stereocenters. The van der Waals surface area contributed by atoms with Crippen LogP contribution in [-0.2, 0) is 4.74 Å². The van der Waals surface area contributed by atoms with Crippen LogP contribution >= 0.6 is 15.9 Å². The zero-order chi connectivity index (χ0) is 18.1. The van der Waals surface area contributed by atoms with E-state index in [0.717, 1.165) is 0 Å². The molecule has 0 heterocycles. The first-order valence-corrected chi connectivity index (χ1v) is 8.89. The first-order valence-electron chi connectivity index (χ1n) is 7.76. The number of anilines is 1. The molecule has 25 heavy (non-hydrogen) atoms. The average molecular weight is 404 g/mol. The molecule has 0 aliphatic heterocycles. The number of hydrogen-bond donors (Lipinski definition) is 1. The van der Waals surface area contributed by atoms with Gasteiger partial charge in [-0.1, -0.05) is 51.5 Å². The Bertz CT molecular complexity index is 763. The van der Waals surface area contributed by atoms with Crippen molar-refractivity contribution >= 4 is 33.4 Å². The monoisotopic (exact) mass is 403 g/mol. The summed E-state index contributed by atoms with van der Waals surface area (Å²) in [5, 5.41) is 8.46. The summed E-state index contributed by atoms with van der Waals surface area (Å²) in [7, 11) is 0. The van der Waals surface area contributed by atoms with E-state index in [4.69, 9.17) is 4.74 Å². The van der Waals surface area contributed by atoms with Crippen LogP contribution in [0.4, 0.5) is 5.69 Å². The van der Waals surface area contributed by atoms with Gasteiger partial charge in [0, 0.05) is 16.5 Å². The van der Waals surface area contributed by atoms with Crippen LogP contribution in [0.2, 0.25) is 0 Å². The molecule has 6 nitrogen and oxygen atoms in total. The molecule has 2 aromatic carbocycles. The normalized spacial score (nSPS) is 10.6. The van der Waals surface area contributed by atoms with Gasteiger partial charge in [0.05, 0.1) is 24.4 Å². The summed E-state index contributed by atoms with van der Waals surface area (Å²) < 4.78 is 5.00. The molecule has 0 fully saturated rings. The molecule has 130 valence electrons. The maximum absolute atomic E-state index is 12.8. The molecule has 0 bridgehead atoms. The van der Waals surface area contributed by atoms with Crippen LogP contribution in [-0.4, -0.2) is 30.2 Å². The first-order chi connectivity index (χ1) is 12.2. The molecule has 0 aromatic heterocycles. The van der Waals surface area contributed by atoms with E-state index in [2.05, 4.69) is 31.7 Å². The Morgan fingerprint density at radius 1 is 1.12 bits per heavy atom. The van der Waals surface area contributed by atoms with Crippen LogP contribution in [0.15, 0.2) is 58.9 Å². The van der Waals surface area contributed by atoms with Crippen molar-refractivity contribution in [2.45, 2.75) is 6.92 Å². The van der Waals surface area contributed by atoms with Crippen LogP contribution in [0, 0.1) is 0 Å². The highest BCUT2D eigenvalue weighted by atomic mass is 79.9. The van der Waals surface area contributed by atoms with Crippen LogP contribution < -0.4 is 5.43 Å². The number of carbonyl (C=O) groups excluding carboxylic acids is 2. The van der Waals surface area contributed by atoms with Crippen LogP contribution in [0.5, 0.6) is 0 Å². The summed E-state index contributed by atoms with van der Waals surface area (Å²) in [4.78, 5) is 24.8. The molecule has 0 spiro atoms. The third-order valence-electron chi connectivity index (χ3n) is 3.24. The van der Waals surface area contributed by atoms with E-state index in [1.54, 1.807) is 43.3 Å². The van der Waals surface area contributed by atoms with Crippen molar-refractivity contribution < 1.29 is 14.3 Å². The summed E-state index contributed by atoms with van der Waals surface area (Å²) in [6.07, 6.45) is 0.